The normalized spacial score (nSPS) is 11.6. The van der Waals surface area contributed by atoms with Gasteiger partial charge in [0, 0.05) is 6.54 Å². The number of ether oxygens (including phenoxy) is 1. The zero-order valence-electron chi connectivity index (χ0n) is 10.3. The van der Waals surface area contributed by atoms with Crippen molar-refractivity contribution in [2.45, 2.75) is 20.1 Å². The third kappa shape index (κ3) is 3.27. The molecule has 0 fully saturated rings. The molecule has 1 aromatic carbocycles. The number of hydrogen-bond acceptors (Lipinski definition) is 3. The molecule has 0 bridgehead atoms. The van der Waals surface area contributed by atoms with Crippen LogP contribution < -0.4 is 10.2 Å². The van der Waals surface area contributed by atoms with E-state index >= 15 is 0 Å². The SMILES string of the molecule is CCn1ncnc1COc1cccc([B-](F)(F)F)c1. The standard InChI is InChI=1S/C11H12BF3N3O/c1-2-18-11(16-8-17-18)7-19-10-5-3-4-9(6-10)12(13,14)15/h3-6,8H,2,7H2,1H3/q-1. The Morgan fingerprint density at radius 1 is 1.32 bits per heavy atom. The average Bonchev–Trinajstić information content (AvgIpc) is 2.83. The molecule has 2 rings (SSSR count). The Bertz CT molecular complexity index is 556. The molecule has 0 radical (unpaired) electrons. The van der Waals surface area contributed by atoms with Gasteiger partial charge in [-0.25, -0.2) is 9.67 Å². The third-order valence-electron chi connectivity index (χ3n) is 2.60. The van der Waals surface area contributed by atoms with Crippen molar-refractivity contribution >= 4 is 12.4 Å². The molecule has 0 aliphatic carbocycles. The molecular weight excluding hydrogens is 258 g/mol. The molecule has 1 aromatic heterocycles. The lowest BCUT2D eigenvalue weighted by Crippen LogP contribution is -2.33. The van der Waals surface area contributed by atoms with E-state index in [2.05, 4.69) is 10.1 Å². The Kier molecular flexibility index (Phi) is 3.78. The second-order valence-corrected chi connectivity index (χ2v) is 3.93. The van der Waals surface area contributed by atoms with E-state index in [-0.39, 0.29) is 12.4 Å². The van der Waals surface area contributed by atoms with Crippen LogP contribution in [0.2, 0.25) is 0 Å². The minimum Gasteiger partial charge on any atom is -0.486 e. The van der Waals surface area contributed by atoms with E-state index in [9.17, 15) is 12.9 Å². The summed E-state index contributed by atoms with van der Waals surface area (Å²) in [6, 6.07) is 4.83. The Morgan fingerprint density at radius 3 is 2.79 bits per heavy atom. The van der Waals surface area contributed by atoms with Crippen LogP contribution in [0.3, 0.4) is 0 Å². The Labute approximate surface area is 108 Å². The predicted octanol–water partition coefficient (Wildman–Crippen LogP) is 1.93. The van der Waals surface area contributed by atoms with Gasteiger partial charge in [-0.1, -0.05) is 12.1 Å². The average molecular weight is 270 g/mol. The van der Waals surface area contributed by atoms with Crippen molar-refractivity contribution in [2.24, 2.45) is 0 Å². The van der Waals surface area contributed by atoms with Crippen LogP contribution in [-0.2, 0) is 13.2 Å². The molecule has 0 saturated heterocycles. The summed E-state index contributed by atoms with van der Waals surface area (Å²) in [5, 5.41) is 3.95. The predicted molar refractivity (Wildman–Crippen MR) is 65.2 cm³/mol. The summed E-state index contributed by atoms with van der Waals surface area (Å²) < 4.78 is 44.7. The van der Waals surface area contributed by atoms with E-state index < -0.39 is 12.4 Å². The molecule has 1 heterocycles. The summed E-state index contributed by atoms with van der Waals surface area (Å²) in [6.45, 7) is -2.40. The molecule has 0 amide bonds. The number of benzene rings is 1. The van der Waals surface area contributed by atoms with Crippen molar-refractivity contribution in [1.29, 1.82) is 0 Å². The van der Waals surface area contributed by atoms with Crippen LogP contribution in [0.4, 0.5) is 12.9 Å². The fraction of sp³-hybridized carbons (Fsp3) is 0.273. The van der Waals surface area contributed by atoms with Crippen molar-refractivity contribution in [3.8, 4) is 5.75 Å². The van der Waals surface area contributed by atoms with Crippen LogP contribution in [0.15, 0.2) is 30.6 Å². The Balaban J connectivity index is 2.08. The first-order valence-electron chi connectivity index (χ1n) is 5.80. The first kappa shape index (κ1) is 13.4. The fourth-order valence-corrected chi connectivity index (χ4v) is 1.62. The number of halogens is 3. The largest absolute Gasteiger partial charge is 0.509 e. The van der Waals surface area contributed by atoms with Crippen LogP contribution in [0.5, 0.6) is 5.75 Å². The minimum absolute atomic E-state index is 0.0855. The summed E-state index contributed by atoms with van der Waals surface area (Å²) >= 11 is 0. The Hall–Kier alpha value is -1.99. The van der Waals surface area contributed by atoms with Gasteiger partial charge < -0.3 is 17.7 Å². The molecule has 0 spiro atoms. The zero-order valence-corrected chi connectivity index (χ0v) is 10.3. The quantitative estimate of drug-likeness (QED) is 0.779. The third-order valence-corrected chi connectivity index (χ3v) is 2.60. The lowest BCUT2D eigenvalue weighted by Gasteiger charge is -2.16. The zero-order chi connectivity index (χ0) is 13.9. The topological polar surface area (TPSA) is 39.9 Å². The molecule has 0 saturated carbocycles. The van der Waals surface area contributed by atoms with Crippen LogP contribution >= 0.6 is 0 Å². The van der Waals surface area contributed by atoms with Crippen molar-refractivity contribution < 1.29 is 17.7 Å². The van der Waals surface area contributed by atoms with Gasteiger partial charge >= 0.3 is 6.98 Å². The van der Waals surface area contributed by atoms with E-state index in [1.807, 2.05) is 6.92 Å². The van der Waals surface area contributed by atoms with Gasteiger partial charge in [0.05, 0.1) is 0 Å². The minimum atomic E-state index is -5.01. The van der Waals surface area contributed by atoms with Crippen molar-refractivity contribution in [2.75, 3.05) is 0 Å². The molecule has 2 aromatic rings. The van der Waals surface area contributed by atoms with Gasteiger partial charge in [-0.3, -0.25) is 0 Å². The molecule has 0 atom stereocenters. The van der Waals surface area contributed by atoms with Gasteiger partial charge in [0.15, 0.2) is 5.82 Å². The summed E-state index contributed by atoms with van der Waals surface area (Å²) in [5.74, 6) is 0.743. The first-order chi connectivity index (χ1) is 9.00. The van der Waals surface area contributed by atoms with Gasteiger partial charge in [0.1, 0.15) is 18.7 Å². The van der Waals surface area contributed by atoms with E-state index in [1.165, 1.54) is 18.5 Å². The number of aromatic nitrogens is 3. The second kappa shape index (κ2) is 5.33. The summed E-state index contributed by atoms with van der Waals surface area (Å²) in [5.41, 5.74) is -0.672. The summed E-state index contributed by atoms with van der Waals surface area (Å²) in [4.78, 5) is 3.98. The molecule has 0 unspecified atom stereocenters. The molecule has 102 valence electrons. The molecule has 0 N–H and O–H groups in total. The van der Waals surface area contributed by atoms with Crippen molar-refractivity contribution in [1.82, 2.24) is 14.8 Å². The van der Waals surface area contributed by atoms with E-state index in [0.717, 1.165) is 12.1 Å². The van der Waals surface area contributed by atoms with Gasteiger partial charge in [-0.05, 0) is 19.1 Å². The Morgan fingerprint density at radius 2 is 2.11 bits per heavy atom. The summed E-state index contributed by atoms with van der Waals surface area (Å²) in [7, 11) is 0. The molecule has 4 nitrogen and oxygen atoms in total. The first-order valence-corrected chi connectivity index (χ1v) is 5.80. The van der Waals surface area contributed by atoms with E-state index in [0.29, 0.717) is 12.4 Å². The maximum Gasteiger partial charge on any atom is 0.509 e. The second-order valence-electron chi connectivity index (χ2n) is 3.93. The maximum absolute atomic E-state index is 12.6. The molecule has 0 aliphatic heterocycles. The van der Waals surface area contributed by atoms with Gasteiger partial charge in [0.25, 0.3) is 0 Å². The van der Waals surface area contributed by atoms with E-state index in [1.54, 1.807) is 4.68 Å². The smallest absolute Gasteiger partial charge is 0.486 e. The lowest BCUT2D eigenvalue weighted by atomic mass is 9.80. The summed E-state index contributed by atoms with van der Waals surface area (Å²) in [6.07, 6.45) is 1.39. The van der Waals surface area contributed by atoms with Gasteiger partial charge in [-0.2, -0.15) is 5.10 Å². The van der Waals surface area contributed by atoms with Gasteiger partial charge in [-0.15, -0.1) is 5.46 Å². The highest BCUT2D eigenvalue weighted by atomic mass is 19.4. The molecular formula is C11H12BF3N3O-. The monoisotopic (exact) mass is 270 g/mol. The molecule has 0 aliphatic rings. The highest BCUT2D eigenvalue weighted by molar-refractivity contribution is 6.73. The lowest BCUT2D eigenvalue weighted by molar-refractivity contribution is 0.287. The fourth-order valence-electron chi connectivity index (χ4n) is 1.62. The van der Waals surface area contributed by atoms with Crippen LogP contribution in [0, 0.1) is 0 Å². The van der Waals surface area contributed by atoms with E-state index in [4.69, 9.17) is 4.74 Å². The number of hydrogen-bond donors (Lipinski definition) is 0. The van der Waals surface area contributed by atoms with Crippen LogP contribution in [-0.4, -0.2) is 21.7 Å². The van der Waals surface area contributed by atoms with Crippen LogP contribution in [0.25, 0.3) is 0 Å². The van der Waals surface area contributed by atoms with Crippen LogP contribution in [0.1, 0.15) is 12.7 Å². The van der Waals surface area contributed by atoms with Gasteiger partial charge in [0.2, 0.25) is 0 Å². The highest BCUT2D eigenvalue weighted by Gasteiger charge is 2.25. The van der Waals surface area contributed by atoms with Crippen molar-refractivity contribution in [3.63, 3.8) is 0 Å². The maximum atomic E-state index is 12.6. The highest BCUT2D eigenvalue weighted by Crippen LogP contribution is 2.15. The van der Waals surface area contributed by atoms with Crippen molar-refractivity contribution in [3.05, 3.63) is 36.4 Å². The number of aryl methyl sites for hydroxylation is 1. The number of rotatable bonds is 5. The molecule has 8 heteroatoms. The number of nitrogens with zero attached hydrogens (tertiary/aromatic N) is 3. The molecule has 19 heavy (non-hydrogen) atoms.